The smallest absolute Gasteiger partial charge is 0.232 e. The Bertz CT molecular complexity index is 677. The van der Waals surface area contributed by atoms with E-state index in [2.05, 4.69) is 24.3 Å². The summed E-state index contributed by atoms with van der Waals surface area (Å²) < 4.78 is 0. The first-order valence-electron chi connectivity index (χ1n) is 8.12. The van der Waals surface area contributed by atoms with Crippen molar-refractivity contribution in [1.82, 2.24) is 4.90 Å². The highest BCUT2D eigenvalue weighted by atomic mass is 16.3. The maximum absolute atomic E-state index is 12.8. The van der Waals surface area contributed by atoms with Gasteiger partial charge in [0, 0.05) is 13.1 Å². The zero-order valence-corrected chi connectivity index (χ0v) is 13.7. The second-order valence-corrected chi connectivity index (χ2v) is 6.76. The molecule has 1 saturated heterocycles. The Morgan fingerprint density at radius 1 is 1.04 bits per heavy atom. The van der Waals surface area contributed by atoms with Gasteiger partial charge in [-0.2, -0.15) is 0 Å². The van der Waals surface area contributed by atoms with Gasteiger partial charge in [0.05, 0.1) is 11.5 Å². The highest BCUT2D eigenvalue weighted by Gasteiger charge is 2.36. The number of amides is 1. The molecule has 120 valence electrons. The van der Waals surface area contributed by atoms with Gasteiger partial charge in [0.1, 0.15) is 0 Å². The molecule has 0 unspecified atom stereocenters. The van der Waals surface area contributed by atoms with E-state index in [0.717, 1.165) is 11.1 Å². The highest BCUT2D eigenvalue weighted by molar-refractivity contribution is 5.87. The zero-order valence-electron chi connectivity index (χ0n) is 13.7. The van der Waals surface area contributed by atoms with Gasteiger partial charge in [-0.25, -0.2) is 0 Å². The number of aliphatic hydroxyl groups excluding tert-OH is 1. The summed E-state index contributed by atoms with van der Waals surface area (Å²) in [4.78, 5) is 14.6. The van der Waals surface area contributed by atoms with E-state index in [1.165, 1.54) is 5.56 Å². The molecule has 2 aromatic rings. The summed E-state index contributed by atoms with van der Waals surface area (Å²) in [6.45, 7) is 5.00. The maximum Gasteiger partial charge on any atom is 0.232 e. The van der Waals surface area contributed by atoms with Crippen molar-refractivity contribution < 1.29 is 9.90 Å². The molecule has 0 aliphatic carbocycles. The number of carbonyl (C=O) groups is 1. The number of hydrogen-bond acceptors (Lipinski definition) is 2. The molecule has 1 aliphatic heterocycles. The summed E-state index contributed by atoms with van der Waals surface area (Å²) in [5, 5.41) is 9.65. The third-order valence-electron chi connectivity index (χ3n) is 4.70. The van der Waals surface area contributed by atoms with Crippen LogP contribution >= 0.6 is 0 Å². The second-order valence-electron chi connectivity index (χ2n) is 6.76. The average molecular weight is 309 g/mol. The molecule has 3 rings (SSSR count). The van der Waals surface area contributed by atoms with Crippen LogP contribution in [0.3, 0.4) is 0 Å². The number of rotatable bonds is 3. The molecule has 1 N–H and O–H groups in total. The van der Waals surface area contributed by atoms with Crippen LogP contribution in [0.15, 0.2) is 54.6 Å². The van der Waals surface area contributed by atoms with Crippen molar-refractivity contribution in [3.05, 3.63) is 60.2 Å². The number of benzene rings is 2. The Hall–Kier alpha value is -2.13. The zero-order chi connectivity index (χ0) is 16.4. The van der Waals surface area contributed by atoms with Crippen LogP contribution in [-0.2, 0) is 10.2 Å². The normalized spacial score (nSPS) is 18.2. The first kappa shape index (κ1) is 15.8. The molecule has 1 heterocycles. The van der Waals surface area contributed by atoms with Crippen molar-refractivity contribution in [2.24, 2.45) is 0 Å². The third kappa shape index (κ3) is 3.15. The van der Waals surface area contributed by atoms with Crippen LogP contribution in [-0.4, -0.2) is 35.1 Å². The fourth-order valence-corrected chi connectivity index (χ4v) is 3.15. The van der Waals surface area contributed by atoms with Crippen molar-refractivity contribution in [3.8, 4) is 11.1 Å². The summed E-state index contributed by atoms with van der Waals surface area (Å²) in [7, 11) is 0. The first-order chi connectivity index (χ1) is 11.0. The lowest BCUT2D eigenvalue weighted by Crippen LogP contribution is -2.42. The largest absolute Gasteiger partial charge is 0.391 e. The van der Waals surface area contributed by atoms with Crippen molar-refractivity contribution in [2.45, 2.75) is 31.8 Å². The Labute approximate surface area is 137 Å². The standard InChI is InChI=1S/C20H23NO2/c1-20(2,19(23)21-13-12-18(22)14-21)17-10-8-16(9-11-17)15-6-4-3-5-7-15/h3-11,18,22H,12-14H2,1-2H3/t18-/m1/s1. The fourth-order valence-electron chi connectivity index (χ4n) is 3.15. The fraction of sp³-hybridized carbons (Fsp3) is 0.350. The lowest BCUT2D eigenvalue weighted by Gasteiger charge is -2.29. The molecule has 0 aromatic heterocycles. The molecule has 0 bridgehead atoms. The summed E-state index contributed by atoms with van der Waals surface area (Å²) in [5.41, 5.74) is 2.74. The van der Waals surface area contributed by atoms with E-state index in [1.54, 1.807) is 4.90 Å². The van der Waals surface area contributed by atoms with E-state index in [9.17, 15) is 9.90 Å². The van der Waals surface area contributed by atoms with Crippen LogP contribution < -0.4 is 0 Å². The lowest BCUT2D eigenvalue weighted by molar-refractivity contribution is -0.135. The van der Waals surface area contributed by atoms with Crippen LogP contribution in [0.2, 0.25) is 0 Å². The molecule has 1 amide bonds. The van der Waals surface area contributed by atoms with Gasteiger partial charge in [-0.3, -0.25) is 4.79 Å². The SMILES string of the molecule is CC(C)(C(=O)N1CC[C@@H](O)C1)c1ccc(-c2ccccc2)cc1. The van der Waals surface area contributed by atoms with Gasteiger partial charge >= 0.3 is 0 Å². The minimum Gasteiger partial charge on any atom is -0.391 e. The number of carbonyl (C=O) groups excluding carboxylic acids is 1. The molecule has 2 aromatic carbocycles. The minimum absolute atomic E-state index is 0.0847. The van der Waals surface area contributed by atoms with Crippen LogP contribution in [0, 0.1) is 0 Å². The van der Waals surface area contributed by atoms with E-state index in [-0.39, 0.29) is 12.0 Å². The Balaban J connectivity index is 1.81. The van der Waals surface area contributed by atoms with Crippen molar-refractivity contribution in [1.29, 1.82) is 0 Å². The van der Waals surface area contributed by atoms with Gasteiger partial charge in [0.2, 0.25) is 5.91 Å². The minimum atomic E-state index is -0.584. The second kappa shape index (κ2) is 6.17. The predicted molar refractivity (Wildman–Crippen MR) is 92.1 cm³/mol. The predicted octanol–water partition coefficient (Wildman–Crippen LogP) is 3.22. The van der Waals surface area contributed by atoms with Gasteiger partial charge in [0.15, 0.2) is 0 Å². The van der Waals surface area contributed by atoms with E-state index in [4.69, 9.17) is 0 Å². The Morgan fingerprint density at radius 2 is 1.65 bits per heavy atom. The third-order valence-corrected chi connectivity index (χ3v) is 4.70. The topological polar surface area (TPSA) is 40.5 Å². The van der Waals surface area contributed by atoms with Crippen LogP contribution in [0.4, 0.5) is 0 Å². The molecule has 3 heteroatoms. The monoisotopic (exact) mass is 309 g/mol. The highest BCUT2D eigenvalue weighted by Crippen LogP contribution is 2.29. The van der Waals surface area contributed by atoms with Gasteiger partial charge in [-0.1, -0.05) is 54.6 Å². The van der Waals surface area contributed by atoms with E-state index < -0.39 is 5.41 Å². The van der Waals surface area contributed by atoms with Crippen LogP contribution in [0.25, 0.3) is 11.1 Å². The van der Waals surface area contributed by atoms with E-state index in [0.29, 0.717) is 19.5 Å². The number of β-amino-alcohol motifs (C(OH)–C–C–N with tert-alkyl or cyclic N) is 1. The van der Waals surface area contributed by atoms with Crippen molar-refractivity contribution in [2.75, 3.05) is 13.1 Å². The molecule has 1 fully saturated rings. The molecular weight excluding hydrogens is 286 g/mol. The van der Waals surface area contributed by atoms with Crippen molar-refractivity contribution >= 4 is 5.91 Å². The summed E-state index contributed by atoms with van der Waals surface area (Å²) in [5.74, 6) is 0.0847. The molecule has 0 saturated carbocycles. The average Bonchev–Trinajstić information content (AvgIpc) is 3.01. The molecule has 3 nitrogen and oxygen atoms in total. The summed E-state index contributed by atoms with van der Waals surface area (Å²) in [6, 6.07) is 18.4. The summed E-state index contributed by atoms with van der Waals surface area (Å²) in [6.07, 6.45) is 0.296. The van der Waals surface area contributed by atoms with E-state index >= 15 is 0 Å². The number of likely N-dealkylation sites (tertiary alicyclic amines) is 1. The Morgan fingerprint density at radius 3 is 2.22 bits per heavy atom. The Kier molecular flexibility index (Phi) is 4.22. The molecule has 0 spiro atoms. The van der Waals surface area contributed by atoms with Gasteiger partial charge in [-0.05, 0) is 37.0 Å². The summed E-state index contributed by atoms with van der Waals surface area (Å²) >= 11 is 0. The molecule has 0 radical (unpaired) electrons. The van der Waals surface area contributed by atoms with Gasteiger partial charge < -0.3 is 10.0 Å². The number of nitrogens with zero attached hydrogens (tertiary/aromatic N) is 1. The number of aliphatic hydroxyl groups is 1. The van der Waals surface area contributed by atoms with Crippen molar-refractivity contribution in [3.63, 3.8) is 0 Å². The van der Waals surface area contributed by atoms with Crippen LogP contribution in [0.5, 0.6) is 0 Å². The molecule has 23 heavy (non-hydrogen) atoms. The molecular formula is C20H23NO2. The van der Waals surface area contributed by atoms with E-state index in [1.807, 2.05) is 44.2 Å². The lowest BCUT2D eigenvalue weighted by atomic mass is 9.82. The molecule has 1 aliphatic rings. The number of hydrogen-bond donors (Lipinski definition) is 1. The molecule has 1 atom stereocenters. The van der Waals surface area contributed by atoms with Crippen LogP contribution in [0.1, 0.15) is 25.8 Å². The van der Waals surface area contributed by atoms with Gasteiger partial charge in [0.25, 0.3) is 0 Å². The maximum atomic E-state index is 12.8. The van der Waals surface area contributed by atoms with Gasteiger partial charge in [-0.15, -0.1) is 0 Å². The quantitative estimate of drug-likeness (QED) is 0.945. The first-order valence-corrected chi connectivity index (χ1v) is 8.12.